The molecule has 1 aliphatic heterocycles. The number of nitrogens with zero attached hydrogens (tertiary/aromatic N) is 4. The van der Waals surface area contributed by atoms with Gasteiger partial charge < -0.3 is 9.88 Å². The largest absolute Gasteiger partial charge is 0.341 e. The molecule has 1 saturated heterocycles. The molecule has 3 aliphatic rings. The third-order valence-electron chi connectivity index (χ3n) is 6.11. The molecular weight excluding hydrogens is 322 g/mol. The molecule has 2 aromatic heterocycles. The van der Waals surface area contributed by atoms with Gasteiger partial charge in [-0.2, -0.15) is 0 Å². The Hall–Kier alpha value is -1.63. The lowest BCUT2D eigenvalue weighted by Gasteiger charge is -2.28. The first kappa shape index (κ1) is 14.7. The fourth-order valence-electron chi connectivity index (χ4n) is 4.92. The molecule has 6 nitrogen and oxygen atoms in total. The Bertz CT molecular complexity index is 786. The van der Waals surface area contributed by atoms with E-state index in [0.29, 0.717) is 18.0 Å². The smallest absolute Gasteiger partial charge is 0.223 e. The number of rotatable bonds is 4. The van der Waals surface area contributed by atoms with Crippen LogP contribution in [0.5, 0.6) is 0 Å². The van der Waals surface area contributed by atoms with Crippen LogP contribution in [0.4, 0.5) is 0 Å². The van der Waals surface area contributed by atoms with Gasteiger partial charge in [0.15, 0.2) is 5.65 Å². The van der Waals surface area contributed by atoms with Crippen LogP contribution in [0.3, 0.4) is 0 Å². The fraction of sp³-hybridized carbons (Fsp3) is 0.647. The van der Waals surface area contributed by atoms with Gasteiger partial charge in [0.05, 0.1) is 6.33 Å². The number of imidazole rings is 1. The molecule has 2 aromatic rings. The highest BCUT2D eigenvalue weighted by molar-refractivity contribution is 7.99. The van der Waals surface area contributed by atoms with Crippen LogP contribution in [0, 0.1) is 11.8 Å². The topological polar surface area (TPSA) is 74.8 Å². The highest BCUT2D eigenvalue weighted by atomic mass is 32.2. The van der Waals surface area contributed by atoms with E-state index >= 15 is 0 Å². The third kappa shape index (κ3) is 2.17. The Balaban J connectivity index is 1.23. The minimum absolute atomic E-state index is 0.258. The van der Waals surface area contributed by atoms with Crippen molar-refractivity contribution in [2.24, 2.45) is 11.8 Å². The summed E-state index contributed by atoms with van der Waals surface area (Å²) in [5, 5.41) is 0.879. The van der Waals surface area contributed by atoms with Gasteiger partial charge in [-0.25, -0.2) is 15.0 Å². The zero-order valence-electron chi connectivity index (χ0n) is 13.6. The molecule has 7 heteroatoms. The Kier molecular flexibility index (Phi) is 3.33. The molecule has 126 valence electrons. The van der Waals surface area contributed by atoms with Gasteiger partial charge in [-0.15, -0.1) is 11.8 Å². The average molecular weight is 343 g/mol. The van der Waals surface area contributed by atoms with Gasteiger partial charge in [-0.05, 0) is 37.5 Å². The van der Waals surface area contributed by atoms with Gasteiger partial charge in [0.1, 0.15) is 16.9 Å². The van der Waals surface area contributed by atoms with E-state index < -0.39 is 0 Å². The summed E-state index contributed by atoms with van der Waals surface area (Å²) in [7, 11) is 0. The predicted octanol–water partition coefficient (Wildman–Crippen LogP) is 2.63. The fourth-order valence-corrected chi connectivity index (χ4v) is 5.81. The van der Waals surface area contributed by atoms with Gasteiger partial charge >= 0.3 is 0 Å². The van der Waals surface area contributed by atoms with E-state index in [1.54, 1.807) is 18.1 Å². The van der Waals surface area contributed by atoms with Gasteiger partial charge in [-0.3, -0.25) is 4.79 Å². The van der Waals surface area contributed by atoms with E-state index in [1.807, 2.05) is 0 Å². The van der Waals surface area contributed by atoms with E-state index in [4.69, 9.17) is 0 Å². The van der Waals surface area contributed by atoms with Crippen LogP contribution < -0.4 is 0 Å². The van der Waals surface area contributed by atoms with Gasteiger partial charge in [0, 0.05) is 24.3 Å². The zero-order chi connectivity index (χ0) is 16.1. The van der Waals surface area contributed by atoms with Crippen molar-refractivity contribution in [1.82, 2.24) is 24.8 Å². The van der Waals surface area contributed by atoms with Crippen molar-refractivity contribution in [3.8, 4) is 0 Å². The minimum atomic E-state index is 0.258. The number of carbonyl (C=O) groups is 1. The molecule has 0 radical (unpaired) electrons. The number of aromatic nitrogens is 4. The molecule has 0 unspecified atom stereocenters. The molecule has 2 atom stereocenters. The normalized spacial score (nSPS) is 27.1. The number of likely N-dealkylation sites (tertiary alicyclic amines) is 1. The zero-order valence-corrected chi connectivity index (χ0v) is 14.4. The molecular formula is C17H21N5OS. The summed E-state index contributed by atoms with van der Waals surface area (Å²) in [6.07, 6.45) is 10.2. The first-order valence-corrected chi connectivity index (χ1v) is 9.84. The minimum Gasteiger partial charge on any atom is -0.341 e. The van der Waals surface area contributed by atoms with Crippen LogP contribution in [-0.2, 0) is 4.79 Å². The maximum absolute atomic E-state index is 12.8. The van der Waals surface area contributed by atoms with Crippen molar-refractivity contribution in [3.05, 3.63) is 12.7 Å². The van der Waals surface area contributed by atoms with Gasteiger partial charge in [0.2, 0.25) is 5.91 Å². The number of nitrogens with one attached hydrogen (secondary N) is 1. The Morgan fingerprint density at radius 3 is 3.12 bits per heavy atom. The Labute approximate surface area is 144 Å². The summed E-state index contributed by atoms with van der Waals surface area (Å²) in [5.74, 6) is 2.66. The lowest BCUT2D eigenvalue weighted by atomic mass is 9.92. The molecule has 2 aliphatic carbocycles. The monoisotopic (exact) mass is 343 g/mol. The number of amides is 1. The van der Waals surface area contributed by atoms with Crippen molar-refractivity contribution < 1.29 is 4.79 Å². The Morgan fingerprint density at radius 2 is 2.25 bits per heavy atom. The van der Waals surface area contributed by atoms with Crippen LogP contribution in [-0.4, -0.2) is 48.6 Å². The summed E-state index contributed by atoms with van der Waals surface area (Å²) >= 11 is 1.61. The molecule has 24 heavy (non-hydrogen) atoms. The highest BCUT2D eigenvalue weighted by Crippen LogP contribution is 2.60. The third-order valence-corrected chi connectivity index (χ3v) is 7.10. The SMILES string of the molecule is O=C(CCSc1ncnc2nc[nH]c12)N1C[C@@H]2CCC[C@@H]2C12CC2. The molecule has 5 rings (SSSR count). The number of H-pyrrole nitrogens is 1. The first-order chi connectivity index (χ1) is 11.8. The standard InChI is InChI=1S/C17H21N5OS/c23-13(22-8-11-2-1-3-12(11)17(22)5-6-17)4-7-24-16-14-15(19-9-18-14)20-10-21-16/h9-12H,1-8H2,(H,18,19,20,21)/t11-,12-/m0/s1. The summed E-state index contributed by atoms with van der Waals surface area (Å²) in [4.78, 5) is 30.7. The van der Waals surface area contributed by atoms with Crippen LogP contribution in [0.2, 0.25) is 0 Å². The summed E-state index contributed by atoms with van der Waals surface area (Å²) < 4.78 is 0. The predicted molar refractivity (Wildman–Crippen MR) is 91.5 cm³/mol. The van der Waals surface area contributed by atoms with Gasteiger partial charge in [-0.1, -0.05) is 6.42 Å². The van der Waals surface area contributed by atoms with Crippen molar-refractivity contribution >= 4 is 28.8 Å². The lowest BCUT2D eigenvalue weighted by Crippen LogP contribution is -2.40. The first-order valence-electron chi connectivity index (χ1n) is 8.85. The van der Waals surface area contributed by atoms with Crippen molar-refractivity contribution in [2.45, 2.75) is 49.1 Å². The van der Waals surface area contributed by atoms with E-state index in [-0.39, 0.29) is 5.54 Å². The molecule has 0 bridgehead atoms. The molecule has 1 amide bonds. The second kappa shape index (κ2) is 5.44. The van der Waals surface area contributed by atoms with Crippen LogP contribution in [0.1, 0.15) is 38.5 Å². The van der Waals surface area contributed by atoms with Gasteiger partial charge in [0.25, 0.3) is 0 Å². The summed E-state index contributed by atoms with van der Waals surface area (Å²) in [6.45, 7) is 1.01. The van der Waals surface area contributed by atoms with Crippen LogP contribution >= 0.6 is 11.8 Å². The van der Waals surface area contributed by atoms with Crippen molar-refractivity contribution in [1.29, 1.82) is 0 Å². The lowest BCUT2D eigenvalue weighted by molar-refractivity contribution is -0.132. The van der Waals surface area contributed by atoms with E-state index in [2.05, 4.69) is 24.8 Å². The van der Waals surface area contributed by atoms with Crippen LogP contribution in [0.25, 0.3) is 11.2 Å². The molecule has 1 spiro atoms. The molecule has 2 saturated carbocycles. The quantitative estimate of drug-likeness (QED) is 0.682. The second-order valence-corrected chi connectivity index (χ2v) is 8.37. The van der Waals surface area contributed by atoms with Crippen molar-refractivity contribution in [2.75, 3.05) is 12.3 Å². The highest BCUT2D eigenvalue weighted by Gasteiger charge is 2.62. The molecule has 3 fully saturated rings. The molecule has 1 N–H and O–H groups in total. The molecule has 3 heterocycles. The second-order valence-electron chi connectivity index (χ2n) is 7.28. The summed E-state index contributed by atoms with van der Waals surface area (Å²) in [6, 6.07) is 0. The maximum Gasteiger partial charge on any atom is 0.223 e. The van der Waals surface area contributed by atoms with E-state index in [9.17, 15) is 4.79 Å². The number of thioether (sulfide) groups is 1. The van der Waals surface area contributed by atoms with Crippen LogP contribution in [0.15, 0.2) is 17.7 Å². The molecule has 0 aromatic carbocycles. The number of fused-ring (bicyclic) bond motifs is 3. The van der Waals surface area contributed by atoms with E-state index in [1.165, 1.54) is 38.4 Å². The number of carbonyl (C=O) groups excluding carboxylic acids is 1. The van der Waals surface area contributed by atoms with E-state index in [0.717, 1.165) is 34.7 Å². The summed E-state index contributed by atoms with van der Waals surface area (Å²) in [5.41, 5.74) is 1.81. The number of hydrogen-bond donors (Lipinski definition) is 1. The number of hydrogen-bond acceptors (Lipinski definition) is 5. The average Bonchev–Trinajstić information content (AvgIpc) is 2.96. The van der Waals surface area contributed by atoms with Crippen molar-refractivity contribution in [3.63, 3.8) is 0 Å². The Morgan fingerprint density at radius 1 is 1.33 bits per heavy atom. The number of aromatic amines is 1. The maximum atomic E-state index is 12.8.